The van der Waals surface area contributed by atoms with Crippen LogP contribution in [0.2, 0.25) is 0 Å². The molecule has 2 unspecified atom stereocenters. The molecule has 0 aromatic heterocycles. The highest BCUT2D eigenvalue weighted by Gasteiger charge is 2.51. The van der Waals surface area contributed by atoms with Gasteiger partial charge in [0.1, 0.15) is 5.60 Å². The predicted octanol–water partition coefficient (Wildman–Crippen LogP) is 2.65. The molecule has 2 atom stereocenters. The van der Waals surface area contributed by atoms with Crippen molar-refractivity contribution < 1.29 is 27.5 Å². The van der Waals surface area contributed by atoms with Crippen molar-refractivity contribution in [2.75, 3.05) is 20.1 Å². The molecule has 1 aliphatic heterocycles. The molecule has 0 spiro atoms. The lowest BCUT2D eigenvalue weighted by Gasteiger charge is -2.42. The number of carbonyl (C=O) groups excluding carboxylic acids is 2. The number of alkyl halides is 3. The van der Waals surface area contributed by atoms with Crippen molar-refractivity contribution in [1.29, 1.82) is 0 Å². The van der Waals surface area contributed by atoms with Gasteiger partial charge in [-0.25, -0.2) is 4.79 Å². The molecule has 1 saturated carbocycles. The first-order valence-electron chi connectivity index (χ1n) is 7.72. The molecule has 132 valence electrons. The first-order valence-corrected chi connectivity index (χ1v) is 7.72. The largest absolute Gasteiger partial charge is 0.471 e. The van der Waals surface area contributed by atoms with Crippen LogP contribution in [0.25, 0.3) is 0 Å². The minimum absolute atomic E-state index is 0.0344. The highest BCUT2D eigenvalue weighted by molar-refractivity contribution is 5.82. The third kappa shape index (κ3) is 3.90. The fourth-order valence-corrected chi connectivity index (χ4v) is 3.63. The molecule has 0 aromatic rings. The Bertz CT molecular complexity index is 473. The van der Waals surface area contributed by atoms with Gasteiger partial charge in [0, 0.05) is 26.2 Å². The SMILES string of the molecule is CN(C(=O)OC(C)(C)C)C1C2CCC1CN(C(=O)C(F)(F)F)C2. The van der Waals surface area contributed by atoms with Crippen molar-refractivity contribution in [2.45, 2.75) is 51.4 Å². The molecule has 0 N–H and O–H groups in total. The third-order valence-electron chi connectivity index (χ3n) is 4.44. The number of piperidine rings is 1. The Hall–Kier alpha value is -1.47. The lowest BCUT2D eigenvalue weighted by molar-refractivity contribution is -0.188. The number of ether oxygens (including phenoxy) is 1. The van der Waals surface area contributed by atoms with Crippen molar-refractivity contribution in [3.05, 3.63) is 0 Å². The fraction of sp³-hybridized carbons (Fsp3) is 0.867. The molecule has 23 heavy (non-hydrogen) atoms. The summed E-state index contributed by atoms with van der Waals surface area (Å²) in [6.07, 6.45) is -3.90. The number of carbonyl (C=O) groups is 2. The summed E-state index contributed by atoms with van der Waals surface area (Å²) in [6, 6.07) is -0.179. The maximum Gasteiger partial charge on any atom is 0.471 e. The van der Waals surface area contributed by atoms with Gasteiger partial charge in [-0.15, -0.1) is 0 Å². The number of fused-ring (bicyclic) bond motifs is 2. The number of hydrogen-bond acceptors (Lipinski definition) is 3. The van der Waals surface area contributed by atoms with Gasteiger partial charge in [0.2, 0.25) is 0 Å². The van der Waals surface area contributed by atoms with Gasteiger partial charge in [-0.05, 0) is 45.4 Å². The zero-order valence-corrected chi connectivity index (χ0v) is 13.8. The lowest BCUT2D eigenvalue weighted by atomic mass is 9.91. The van der Waals surface area contributed by atoms with Gasteiger partial charge in [-0.1, -0.05) is 0 Å². The summed E-state index contributed by atoms with van der Waals surface area (Å²) in [4.78, 5) is 26.0. The molecule has 2 bridgehead atoms. The number of halogens is 3. The summed E-state index contributed by atoms with van der Waals surface area (Å²) in [5.41, 5.74) is -0.628. The van der Waals surface area contributed by atoms with E-state index in [0.717, 1.165) is 4.90 Å². The van der Waals surface area contributed by atoms with Crippen LogP contribution in [-0.4, -0.2) is 59.8 Å². The van der Waals surface area contributed by atoms with E-state index in [2.05, 4.69) is 0 Å². The number of likely N-dealkylation sites (tertiary alicyclic amines) is 1. The van der Waals surface area contributed by atoms with Crippen molar-refractivity contribution in [3.8, 4) is 0 Å². The topological polar surface area (TPSA) is 49.9 Å². The molecule has 1 heterocycles. The number of nitrogens with zero attached hydrogens (tertiary/aromatic N) is 2. The molecule has 2 amide bonds. The Labute approximate surface area is 133 Å². The summed E-state index contributed by atoms with van der Waals surface area (Å²) < 4.78 is 43.1. The van der Waals surface area contributed by atoms with Gasteiger partial charge in [0.05, 0.1) is 0 Å². The smallest absolute Gasteiger partial charge is 0.444 e. The summed E-state index contributed by atoms with van der Waals surface area (Å²) in [6.45, 7) is 5.35. The average Bonchev–Trinajstić information content (AvgIpc) is 2.64. The minimum atomic E-state index is -4.84. The van der Waals surface area contributed by atoms with E-state index in [1.807, 2.05) is 0 Å². The highest BCUT2D eigenvalue weighted by Crippen LogP contribution is 2.41. The molecule has 2 aliphatic rings. The molecule has 0 radical (unpaired) electrons. The second-order valence-electron chi connectivity index (χ2n) is 7.39. The number of amides is 2. The van der Waals surface area contributed by atoms with Gasteiger partial charge in [-0.3, -0.25) is 4.79 Å². The third-order valence-corrected chi connectivity index (χ3v) is 4.44. The van der Waals surface area contributed by atoms with Crippen molar-refractivity contribution in [3.63, 3.8) is 0 Å². The van der Waals surface area contributed by atoms with Gasteiger partial charge < -0.3 is 14.5 Å². The van der Waals surface area contributed by atoms with E-state index < -0.39 is 23.8 Å². The van der Waals surface area contributed by atoms with Crippen LogP contribution in [0.15, 0.2) is 0 Å². The molecular formula is C15H23F3N2O3. The quantitative estimate of drug-likeness (QED) is 0.740. The normalized spacial score (nSPS) is 27.8. The van der Waals surface area contributed by atoms with Crippen LogP contribution in [0, 0.1) is 11.8 Å². The number of hydrogen-bond donors (Lipinski definition) is 0. The lowest BCUT2D eigenvalue weighted by Crippen LogP contribution is -2.56. The second-order valence-corrected chi connectivity index (χ2v) is 7.39. The molecule has 1 saturated heterocycles. The zero-order chi connectivity index (χ0) is 17.6. The van der Waals surface area contributed by atoms with Crippen LogP contribution in [0.3, 0.4) is 0 Å². The van der Waals surface area contributed by atoms with E-state index in [0.29, 0.717) is 12.8 Å². The standard InChI is InChI=1S/C15H23F3N2O3/c1-14(2,3)23-13(22)19(4)11-9-5-6-10(11)8-20(7-9)12(21)15(16,17)18/h9-11H,5-8H2,1-4H3. The first-order chi connectivity index (χ1) is 10.4. The van der Waals surface area contributed by atoms with Crippen LogP contribution in [-0.2, 0) is 9.53 Å². The van der Waals surface area contributed by atoms with Crippen LogP contribution in [0.1, 0.15) is 33.6 Å². The maximum absolute atomic E-state index is 12.6. The van der Waals surface area contributed by atoms with Gasteiger partial charge in [-0.2, -0.15) is 13.2 Å². The summed E-state index contributed by atoms with van der Waals surface area (Å²) in [7, 11) is 1.62. The summed E-state index contributed by atoms with van der Waals surface area (Å²) in [5.74, 6) is -2.07. The van der Waals surface area contributed by atoms with E-state index in [9.17, 15) is 22.8 Å². The van der Waals surface area contributed by atoms with Gasteiger partial charge in [0.25, 0.3) is 0 Å². The second kappa shape index (κ2) is 5.87. The Balaban J connectivity index is 2.06. The van der Waals surface area contributed by atoms with Gasteiger partial charge >= 0.3 is 18.2 Å². The molecular weight excluding hydrogens is 313 g/mol. The van der Waals surface area contributed by atoms with E-state index in [1.165, 1.54) is 4.90 Å². The van der Waals surface area contributed by atoms with E-state index in [-0.39, 0.29) is 31.0 Å². The van der Waals surface area contributed by atoms with Crippen LogP contribution >= 0.6 is 0 Å². The Morgan fingerprint density at radius 3 is 1.96 bits per heavy atom. The Kier molecular flexibility index (Phi) is 4.56. The molecule has 0 aromatic carbocycles. The highest BCUT2D eigenvalue weighted by atomic mass is 19.4. The van der Waals surface area contributed by atoms with Gasteiger partial charge in [0.15, 0.2) is 0 Å². The number of rotatable bonds is 1. The maximum atomic E-state index is 12.6. The predicted molar refractivity (Wildman–Crippen MR) is 76.6 cm³/mol. The summed E-state index contributed by atoms with van der Waals surface area (Å²) >= 11 is 0. The minimum Gasteiger partial charge on any atom is -0.444 e. The monoisotopic (exact) mass is 336 g/mol. The van der Waals surface area contributed by atoms with Crippen LogP contribution in [0.4, 0.5) is 18.0 Å². The fourth-order valence-electron chi connectivity index (χ4n) is 3.63. The van der Waals surface area contributed by atoms with Crippen molar-refractivity contribution in [2.24, 2.45) is 11.8 Å². The molecule has 2 rings (SSSR count). The molecule has 2 fully saturated rings. The average molecular weight is 336 g/mol. The van der Waals surface area contributed by atoms with E-state index >= 15 is 0 Å². The first kappa shape index (κ1) is 17.9. The Morgan fingerprint density at radius 2 is 1.57 bits per heavy atom. The molecule has 5 nitrogen and oxygen atoms in total. The van der Waals surface area contributed by atoms with E-state index in [4.69, 9.17) is 4.74 Å². The van der Waals surface area contributed by atoms with Crippen LogP contribution in [0.5, 0.6) is 0 Å². The summed E-state index contributed by atoms with van der Waals surface area (Å²) in [5, 5.41) is 0. The van der Waals surface area contributed by atoms with Crippen molar-refractivity contribution >= 4 is 12.0 Å². The molecule has 1 aliphatic carbocycles. The Morgan fingerprint density at radius 1 is 1.09 bits per heavy atom. The zero-order valence-electron chi connectivity index (χ0n) is 13.8. The molecule has 8 heteroatoms. The van der Waals surface area contributed by atoms with E-state index in [1.54, 1.807) is 27.8 Å². The van der Waals surface area contributed by atoms with Crippen molar-refractivity contribution in [1.82, 2.24) is 9.80 Å². The van der Waals surface area contributed by atoms with Crippen LogP contribution < -0.4 is 0 Å².